The highest BCUT2D eigenvalue weighted by molar-refractivity contribution is 7.45. The monoisotopic (exact) mass is 505 g/mol. The van der Waals surface area contributed by atoms with Crippen molar-refractivity contribution >= 4 is 95.6 Å². The summed E-state index contributed by atoms with van der Waals surface area (Å²) in [5, 5.41) is 11.9. The van der Waals surface area contributed by atoms with E-state index in [4.69, 9.17) is 0 Å². The van der Waals surface area contributed by atoms with Crippen molar-refractivity contribution in [3.63, 3.8) is 0 Å². The lowest BCUT2D eigenvalue weighted by molar-refractivity contribution is 1.19. The van der Waals surface area contributed by atoms with E-state index in [0.717, 1.165) is 0 Å². The summed E-state index contributed by atoms with van der Waals surface area (Å²) >= 11 is 3.85. The van der Waals surface area contributed by atoms with E-state index in [9.17, 15) is 0 Å². The van der Waals surface area contributed by atoms with Gasteiger partial charge in [0.25, 0.3) is 0 Å². The minimum absolute atomic E-state index is 1.22. The van der Waals surface area contributed by atoms with Gasteiger partial charge < -0.3 is 4.57 Å². The Morgan fingerprint density at radius 2 is 1.03 bits per heavy atom. The molecular weight excluding hydrogens is 487 g/mol. The number of benzene rings is 6. The first-order chi connectivity index (χ1) is 18.4. The first kappa shape index (κ1) is 19.9. The van der Waals surface area contributed by atoms with Crippen molar-refractivity contribution in [1.82, 2.24) is 4.57 Å². The molecule has 1 nitrogen and oxygen atoms in total. The Balaban J connectivity index is 1.48. The fourth-order valence-corrected chi connectivity index (χ4v) is 8.94. The van der Waals surface area contributed by atoms with Crippen LogP contribution < -0.4 is 0 Å². The number of aromatic nitrogens is 1. The smallest absolute Gasteiger partial charge is 0.0906 e. The van der Waals surface area contributed by atoms with Crippen LogP contribution in [-0.2, 0) is 0 Å². The zero-order valence-corrected chi connectivity index (χ0v) is 21.4. The number of rotatable bonds is 1. The summed E-state index contributed by atoms with van der Waals surface area (Å²) < 4.78 is 6.65. The minimum atomic E-state index is 1.22. The summed E-state index contributed by atoms with van der Waals surface area (Å²) in [6.07, 6.45) is 0. The molecule has 172 valence electrons. The van der Waals surface area contributed by atoms with Crippen LogP contribution in [-0.4, -0.2) is 4.57 Å². The van der Waals surface area contributed by atoms with Crippen molar-refractivity contribution in [3.8, 4) is 5.69 Å². The van der Waals surface area contributed by atoms with E-state index in [0.29, 0.717) is 0 Å². The molecule has 0 spiro atoms. The molecule has 3 aromatic heterocycles. The van der Waals surface area contributed by atoms with Gasteiger partial charge in [0.2, 0.25) is 0 Å². The maximum Gasteiger partial charge on any atom is 0.0906 e. The molecule has 0 amide bonds. The third-order valence-electron chi connectivity index (χ3n) is 7.81. The van der Waals surface area contributed by atoms with E-state index >= 15 is 0 Å². The molecule has 3 heteroatoms. The van der Waals surface area contributed by atoms with Crippen LogP contribution in [0.2, 0.25) is 0 Å². The molecule has 3 heterocycles. The average Bonchev–Trinajstić information content (AvgIpc) is 3.60. The Labute approximate surface area is 220 Å². The normalized spacial score (nSPS) is 12.3. The third kappa shape index (κ3) is 2.58. The predicted molar refractivity (Wildman–Crippen MR) is 164 cm³/mol. The first-order valence-electron chi connectivity index (χ1n) is 12.5. The van der Waals surface area contributed by atoms with Crippen molar-refractivity contribution in [2.24, 2.45) is 0 Å². The van der Waals surface area contributed by atoms with E-state index in [1.54, 1.807) is 0 Å². The highest BCUT2D eigenvalue weighted by atomic mass is 32.2. The molecule has 0 aliphatic heterocycles. The van der Waals surface area contributed by atoms with Gasteiger partial charge in [-0.2, -0.15) is 0 Å². The van der Waals surface area contributed by atoms with Gasteiger partial charge in [-0.05, 0) is 56.6 Å². The summed E-state index contributed by atoms with van der Waals surface area (Å²) in [7, 11) is 0. The largest absolute Gasteiger partial charge is 0.308 e. The second-order valence-electron chi connectivity index (χ2n) is 9.71. The van der Waals surface area contributed by atoms with Gasteiger partial charge in [0.1, 0.15) is 0 Å². The van der Waals surface area contributed by atoms with Crippen LogP contribution in [0.4, 0.5) is 0 Å². The van der Waals surface area contributed by atoms with Gasteiger partial charge in [-0.15, -0.1) is 22.7 Å². The second-order valence-corrected chi connectivity index (χ2v) is 12.0. The van der Waals surface area contributed by atoms with Crippen LogP contribution in [0.25, 0.3) is 78.6 Å². The zero-order valence-electron chi connectivity index (χ0n) is 19.7. The first-order valence-corrected chi connectivity index (χ1v) is 14.2. The summed E-state index contributed by atoms with van der Waals surface area (Å²) in [5.41, 5.74) is 3.82. The van der Waals surface area contributed by atoms with Crippen LogP contribution in [0, 0.1) is 0 Å². The molecule has 0 radical (unpaired) electrons. The van der Waals surface area contributed by atoms with Crippen molar-refractivity contribution in [2.45, 2.75) is 0 Å². The van der Waals surface area contributed by atoms with Gasteiger partial charge in [0.05, 0.1) is 19.7 Å². The van der Waals surface area contributed by atoms with Gasteiger partial charge >= 0.3 is 0 Å². The lowest BCUT2D eigenvalue weighted by atomic mass is 9.94. The number of hydrogen-bond donors (Lipinski definition) is 0. The maximum absolute atomic E-state index is 2.51. The number of hydrogen-bond acceptors (Lipinski definition) is 2. The van der Waals surface area contributed by atoms with Crippen LogP contribution in [0.15, 0.2) is 115 Å². The van der Waals surface area contributed by atoms with Crippen molar-refractivity contribution in [3.05, 3.63) is 115 Å². The Hall–Kier alpha value is -4.18. The van der Waals surface area contributed by atoms with Gasteiger partial charge in [-0.1, -0.05) is 91.0 Å². The lowest BCUT2D eigenvalue weighted by Crippen LogP contribution is -1.94. The van der Waals surface area contributed by atoms with Gasteiger partial charge in [-0.25, -0.2) is 0 Å². The summed E-state index contributed by atoms with van der Waals surface area (Å²) in [6, 6.07) is 42.4. The highest BCUT2D eigenvalue weighted by Gasteiger charge is 2.21. The molecular formula is C34H19NS2. The average molecular weight is 506 g/mol. The van der Waals surface area contributed by atoms with Gasteiger partial charge in [0.15, 0.2) is 0 Å². The zero-order chi connectivity index (χ0) is 24.1. The van der Waals surface area contributed by atoms with Crippen molar-refractivity contribution < 1.29 is 0 Å². The molecule has 9 rings (SSSR count). The van der Waals surface area contributed by atoms with Crippen LogP contribution in [0.3, 0.4) is 0 Å². The number of fused-ring (bicyclic) bond motifs is 13. The Kier molecular flexibility index (Phi) is 3.88. The van der Waals surface area contributed by atoms with Gasteiger partial charge in [0, 0.05) is 26.5 Å². The van der Waals surface area contributed by atoms with Crippen LogP contribution >= 0.6 is 22.7 Å². The van der Waals surface area contributed by atoms with Crippen LogP contribution in [0.1, 0.15) is 0 Å². The molecule has 9 aromatic rings. The standard InChI is InChI=1S/C34H19NS2/c1-2-11-23-21(9-1)22-10-3-4-12-24(22)28-19-20(17-18-25(23)28)35-29-15-7-5-13-26(29)33-32(35)31-27-14-6-8-16-30(27)36-34(31)37-33/h1-19H. The molecule has 37 heavy (non-hydrogen) atoms. The molecule has 0 atom stereocenters. The Bertz CT molecular complexity index is 2330. The van der Waals surface area contributed by atoms with E-state index in [1.165, 1.54) is 78.6 Å². The molecule has 0 fully saturated rings. The fraction of sp³-hybridized carbons (Fsp3) is 0. The topological polar surface area (TPSA) is 4.93 Å². The van der Waals surface area contributed by atoms with E-state index < -0.39 is 0 Å². The van der Waals surface area contributed by atoms with E-state index in [1.807, 2.05) is 22.7 Å². The highest BCUT2D eigenvalue weighted by Crippen LogP contribution is 2.48. The SMILES string of the molecule is c1ccc2c(c1)sc1sc3c4ccccc4n(-c4ccc5c6ccccc6c6ccccc6c5c4)c3c12. The molecule has 0 aliphatic rings. The Morgan fingerprint density at radius 1 is 0.459 bits per heavy atom. The summed E-state index contributed by atoms with van der Waals surface area (Å²) in [6.45, 7) is 0. The maximum atomic E-state index is 2.51. The quantitative estimate of drug-likeness (QED) is 0.196. The second kappa shape index (κ2) is 7.19. The van der Waals surface area contributed by atoms with Crippen molar-refractivity contribution in [1.29, 1.82) is 0 Å². The number of thiophene rings is 2. The molecule has 6 aromatic carbocycles. The molecule has 0 unspecified atom stereocenters. The molecule has 0 aliphatic carbocycles. The van der Waals surface area contributed by atoms with E-state index in [-0.39, 0.29) is 0 Å². The molecule has 0 saturated carbocycles. The van der Waals surface area contributed by atoms with Crippen LogP contribution in [0.5, 0.6) is 0 Å². The number of para-hydroxylation sites is 1. The molecule has 0 saturated heterocycles. The van der Waals surface area contributed by atoms with Crippen molar-refractivity contribution in [2.75, 3.05) is 0 Å². The third-order valence-corrected chi connectivity index (χ3v) is 10.3. The summed E-state index contributed by atoms with van der Waals surface area (Å²) in [4.78, 5) is 0. The molecule has 0 bridgehead atoms. The predicted octanol–water partition coefficient (Wildman–Crippen LogP) is 10.7. The number of nitrogens with zero attached hydrogens (tertiary/aromatic N) is 1. The fourth-order valence-electron chi connectivity index (χ4n) is 6.25. The van der Waals surface area contributed by atoms with Gasteiger partial charge in [-0.3, -0.25) is 0 Å². The summed E-state index contributed by atoms with van der Waals surface area (Å²) in [5.74, 6) is 0. The molecule has 0 N–H and O–H groups in total. The minimum Gasteiger partial charge on any atom is -0.308 e. The lowest BCUT2D eigenvalue weighted by Gasteiger charge is -2.13. The Morgan fingerprint density at radius 3 is 1.76 bits per heavy atom. The van der Waals surface area contributed by atoms with E-state index in [2.05, 4.69) is 120 Å².